The van der Waals surface area contributed by atoms with Gasteiger partial charge in [0.15, 0.2) is 0 Å². The van der Waals surface area contributed by atoms with Crippen LogP contribution in [0.5, 0.6) is 5.75 Å². The Morgan fingerprint density at radius 2 is 1.79 bits per heavy atom. The number of benzene rings is 2. The van der Waals surface area contributed by atoms with E-state index in [1.54, 1.807) is 12.1 Å². The number of aliphatic hydroxyl groups excluding tert-OH is 4. The highest BCUT2D eigenvalue weighted by Crippen LogP contribution is 2.35. The van der Waals surface area contributed by atoms with Crippen LogP contribution in [0.1, 0.15) is 36.1 Å². The Kier molecular flexibility index (Phi) is 7.91. The second kappa shape index (κ2) is 10.7. The molecule has 2 heterocycles. The molecule has 2 aliphatic rings. The van der Waals surface area contributed by atoms with Crippen molar-refractivity contribution in [1.82, 2.24) is 4.90 Å². The first kappa shape index (κ1) is 24.4. The van der Waals surface area contributed by atoms with E-state index in [1.165, 1.54) is 0 Å². The van der Waals surface area contributed by atoms with E-state index in [0.717, 1.165) is 16.9 Å². The molecular formula is C25H32ClNO6. The molecule has 180 valence electrons. The van der Waals surface area contributed by atoms with Crippen LogP contribution in [0.25, 0.3) is 0 Å². The SMILES string of the molecule is CCOc1ccc(Cc2cc([C@@H]3O[C@H](CN4CC[C@@H](O)C4)[C@@H](O)[C@H](O)[C@H]3O)ccc2Cl)cc1. The maximum atomic E-state index is 10.7. The molecule has 2 saturated heterocycles. The predicted octanol–water partition coefficient (Wildman–Crippen LogP) is 1.92. The Morgan fingerprint density at radius 1 is 1.03 bits per heavy atom. The van der Waals surface area contributed by atoms with Gasteiger partial charge in [-0.05, 0) is 54.7 Å². The Balaban J connectivity index is 1.51. The molecule has 2 fully saturated rings. The fourth-order valence-corrected chi connectivity index (χ4v) is 4.79. The highest BCUT2D eigenvalue weighted by molar-refractivity contribution is 6.31. The molecule has 0 spiro atoms. The molecule has 0 bridgehead atoms. The lowest BCUT2D eigenvalue weighted by atomic mass is 9.89. The van der Waals surface area contributed by atoms with E-state index in [4.69, 9.17) is 21.1 Å². The number of hydrogen-bond acceptors (Lipinski definition) is 7. The van der Waals surface area contributed by atoms with Crippen LogP contribution in [0.2, 0.25) is 5.02 Å². The van der Waals surface area contributed by atoms with Crippen molar-refractivity contribution in [2.24, 2.45) is 0 Å². The van der Waals surface area contributed by atoms with E-state index in [9.17, 15) is 20.4 Å². The Labute approximate surface area is 199 Å². The summed E-state index contributed by atoms with van der Waals surface area (Å²) in [5.74, 6) is 0.809. The third-order valence-electron chi connectivity index (χ3n) is 6.43. The quantitative estimate of drug-likeness (QED) is 0.483. The highest BCUT2D eigenvalue weighted by Gasteiger charge is 2.45. The van der Waals surface area contributed by atoms with Crippen LogP contribution in [0.3, 0.4) is 0 Å². The maximum absolute atomic E-state index is 10.7. The number of likely N-dealkylation sites (tertiary alicyclic amines) is 1. The molecule has 0 saturated carbocycles. The first-order chi connectivity index (χ1) is 15.9. The zero-order valence-corrected chi connectivity index (χ0v) is 19.4. The summed E-state index contributed by atoms with van der Waals surface area (Å²) in [5, 5.41) is 42.1. The van der Waals surface area contributed by atoms with Crippen LogP contribution >= 0.6 is 11.6 Å². The molecule has 8 heteroatoms. The summed E-state index contributed by atoms with van der Waals surface area (Å²) in [7, 11) is 0. The van der Waals surface area contributed by atoms with Crippen LogP contribution in [-0.2, 0) is 11.2 Å². The van der Waals surface area contributed by atoms with Gasteiger partial charge in [-0.1, -0.05) is 35.9 Å². The molecule has 6 atom stereocenters. The van der Waals surface area contributed by atoms with Gasteiger partial charge in [0.25, 0.3) is 0 Å². The molecular weight excluding hydrogens is 446 g/mol. The van der Waals surface area contributed by atoms with Crippen molar-refractivity contribution in [1.29, 1.82) is 0 Å². The van der Waals surface area contributed by atoms with Gasteiger partial charge < -0.3 is 29.9 Å². The molecule has 0 unspecified atom stereocenters. The van der Waals surface area contributed by atoms with Crippen molar-refractivity contribution in [2.75, 3.05) is 26.2 Å². The molecule has 2 aromatic carbocycles. The number of halogens is 1. The van der Waals surface area contributed by atoms with E-state index in [1.807, 2.05) is 42.2 Å². The molecule has 2 aromatic rings. The van der Waals surface area contributed by atoms with Crippen molar-refractivity contribution in [3.05, 3.63) is 64.2 Å². The number of nitrogens with zero attached hydrogens (tertiary/aromatic N) is 1. The monoisotopic (exact) mass is 477 g/mol. The van der Waals surface area contributed by atoms with E-state index >= 15 is 0 Å². The summed E-state index contributed by atoms with van der Waals surface area (Å²) >= 11 is 6.46. The minimum atomic E-state index is -1.34. The minimum absolute atomic E-state index is 0.366. The van der Waals surface area contributed by atoms with Crippen LogP contribution in [0, 0.1) is 0 Å². The zero-order valence-electron chi connectivity index (χ0n) is 18.7. The Bertz CT molecular complexity index is 926. The summed E-state index contributed by atoms with van der Waals surface area (Å²) in [6.45, 7) is 4.12. The van der Waals surface area contributed by atoms with Gasteiger partial charge in [0, 0.05) is 24.7 Å². The lowest BCUT2D eigenvalue weighted by Gasteiger charge is -2.42. The predicted molar refractivity (Wildman–Crippen MR) is 125 cm³/mol. The van der Waals surface area contributed by atoms with Gasteiger partial charge in [0.1, 0.15) is 30.2 Å². The summed E-state index contributed by atoms with van der Waals surface area (Å²) in [6.07, 6.45) is -4.47. The van der Waals surface area contributed by atoms with Crippen molar-refractivity contribution < 1.29 is 29.9 Å². The molecule has 0 aliphatic carbocycles. The summed E-state index contributed by atoms with van der Waals surface area (Å²) in [5.41, 5.74) is 2.61. The van der Waals surface area contributed by atoms with E-state index in [0.29, 0.717) is 49.7 Å². The number of hydrogen-bond donors (Lipinski definition) is 4. The second-order valence-corrected chi connectivity index (χ2v) is 9.28. The van der Waals surface area contributed by atoms with Crippen molar-refractivity contribution in [2.45, 2.75) is 56.4 Å². The van der Waals surface area contributed by atoms with E-state index < -0.39 is 36.6 Å². The molecule has 4 N–H and O–H groups in total. The average Bonchev–Trinajstić information content (AvgIpc) is 3.22. The molecule has 0 aromatic heterocycles. The van der Waals surface area contributed by atoms with Gasteiger partial charge in [0.2, 0.25) is 0 Å². The Hall–Kier alpha value is -1.71. The fourth-order valence-electron chi connectivity index (χ4n) is 4.61. The smallest absolute Gasteiger partial charge is 0.119 e. The topological polar surface area (TPSA) is 103 Å². The third-order valence-corrected chi connectivity index (χ3v) is 6.79. The average molecular weight is 478 g/mol. The summed E-state index contributed by atoms with van der Waals surface area (Å²) < 4.78 is 11.6. The minimum Gasteiger partial charge on any atom is -0.494 e. The number of aliphatic hydroxyl groups is 4. The maximum Gasteiger partial charge on any atom is 0.119 e. The first-order valence-electron chi connectivity index (χ1n) is 11.5. The third kappa shape index (κ3) is 5.69. The van der Waals surface area contributed by atoms with Gasteiger partial charge in [-0.25, -0.2) is 0 Å². The molecule has 7 nitrogen and oxygen atoms in total. The van der Waals surface area contributed by atoms with Gasteiger partial charge in [-0.2, -0.15) is 0 Å². The van der Waals surface area contributed by atoms with Gasteiger partial charge in [0.05, 0.1) is 18.8 Å². The molecule has 0 radical (unpaired) electrons. The lowest BCUT2D eigenvalue weighted by molar-refractivity contribution is -0.227. The lowest BCUT2D eigenvalue weighted by Crippen LogP contribution is -2.57. The molecule has 0 amide bonds. The number of β-amino-alcohol motifs (C(OH)–C–C–N with tert-alkyl or cyclic N) is 1. The number of rotatable bonds is 7. The standard InChI is InChI=1S/C25H32ClNO6/c1-2-32-19-6-3-15(4-7-19)11-17-12-16(5-8-20(17)26)25-24(31)23(30)22(29)21(33-25)14-27-10-9-18(28)13-27/h3-8,12,18,21-25,28-31H,2,9-11,13-14H2,1H3/t18-,21-,22-,23+,24-,25+/m1/s1. The fraction of sp³-hybridized carbons (Fsp3) is 0.520. The van der Waals surface area contributed by atoms with Crippen molar-refractivity contribution >= 4 is 11.6 Å². The van der Waals surface area contributed by atoms with Crippen LogP contribution in [0.15, 0.2) is 42.5 Å². The van der Waals surface area contributed by atoms with Crippen LogP contribution in [0.4, 0.5) is 0 Å². The first-order valence-corrected chi connectivity index (χ1v) is 11.8. The zero-order chi connectivity index (χ0) is 23.5. The van der Waals surface area contributed by atoms with E-state index in [2.05, 4.69) is 0 Å². The highest BCUT2D eigenvalue weighted by atomic mass is 35.5. The summed E-state index contributed by atoms with van der Waals surface area (Å²) in [6, 6.07) is 13.2. The van der Waals surface area contributed by atoms with Gasteiger partial charge >= 0.3 is 0 Å². The number of ether oxygens (including phenoxy) is 2. The molecule has 2 aliphatic heterocycles. The van der Waals surface area contributed by atoms with Crippen LogP contribution in [-0.4, -0.2) is 82.1 Å². The largest absolute Gasteiger partial charge is 0.494 e. The summed E-state index contributed by atoms with van der Waals surface area (Å²) in [4.78, 5) is 2.00. The van der Waals surface area contributed by atoms with Crippen LogP contribution < -0.4 is 4.74 Å². The second-order valence-electron chi connectivity index (χ2n) is 8.87. The van der Waals surface area contributed by atoms with Gasteiger partial charge in [-0.3, -0.25) is 4.90 Å². The molecule has 33 heavy (non-hydrogen) atoms. The normalized spacial score (nSPS) is 30.5. The molecule has 4 rings (SSSR count). The van der Waals surface area contributed by atoms with Crippen molar-refractivity contribution in [3.8, 4) is 5.75 Å². The van der Waals surface area contributed by atoms with E-state index in [-0.39, 0.29) is 0 Å². The van der Waals surface area contributed by atoms with Gasteiger partial charge in [-0.15, -0.1) is 0 Å². The van der Waals surface area contributed by atoms with Crippen molar-refractivity contribution in [3.63, 3.8) is 0 Å². The Morgan fingerprint density at radius 3 is 2.45 bits per heavy atom.